The molecule has 1 saturated heterocycles. The quantitative estimate of drug-likeness (QED) is 0.580. The third-order valence-corrected chi connectivity index (χ3v) is 5.44. The van der Waals surface area contributed by atoms with Crippen LogP contribution in [-0.4, -0.2) is 61.0 Å². The third-order valence-electron chi connectivity index (χ3n) is 4.70. The molecule has 1 heterocycles. The van der Waals surface area contributed by atoms with Crippen molar-refractivity contribution in [2.24, 2.45) is 0 Å². The number of likely N-dealkylation sites (N-methyl/N-ethyl adjacent to an activating group) is 1. The molecule has 5 nitrogen and oxygen atoms in total. The van der Waals surface area contributed by atoms with E-state index in [1.54, 1.807) is 17.0 Å². The molecule has 0 aliphatic carbocycles. The van der Waals surface area contributed by atoms with E-state index in [1.807, 2.05) is 13.1 Å². The lowest BCUT2D eigenvalue weighted by atomic mass is 10.1. The number of ether oxygens (including phenoxy) is 1. The number of halogens is 3. The van der Waals surface area contributed by atoms with Crippen LogP contribution < -0.4 is 0 Å². The molecular formula is C19H27Cl3N2O3. The van der Waals surface area contributed by atoms with E-state index in [0.29, 0.717) is 23.1 Å². The molecule has 1 fully saturated rings. The molecule has 0 radical (unpaired) electrons. The lowest BCUT2D eigenvalue weighted by molar-refractivity contribution is -0.141. The average Bonchev–Trinajstić information content (AvgIpc) is 3.09. The number of carbonyl (C=O) groups excluding carboxylic acids is 2. The van der Waals surface area contributed by atoms with Crippen LogP contribution in [0.25, 0.3) is 0 Å². The normalized spacial score (nSPS) is 15.1. The molecule has 0 aromatic heterocycles. The van der Waals surface area contributed by atoms with Gasteiger partial charge in [-0.25, -0.2) is 0 Å². The van der Waals surface area contributed by atoms with Gasteiger partial charge in [-0.2, -0.15) is 0 Å². The van der Waals surface area contributed by atoms with Crippen molar-refractivity contribution in [3.8, 4) is 0 Å². The topological polar surface area (TPSA) is 49.9 Å². The number of rotatable bonds is 8. The molecule has 1 aromatic carbocycles. The molecule has 152 valence electrons. The summed E-state index contributed by atoms with van der Waals surface area (Å²) in [5, 5.41) is 0.924. The zero-order valence-corrected chi connectivity index (χ0v) is 18.1. The summed E-state index contributed by atoms with van der Waals surface area (Å²) in [5.74, 6) is -0.287. The highest BCUT2D eigenvalue weighted by molar-refractivity contribution is 6.42. The van der Waals surface area contributed by atoms with Gasteiger partial charge in [0.05, 0.1) is 23.1 Å². The van der Waals surface area contributed by atoms with Crippen molar-refractivity contribution in [2.45, 2.75) is 38.6 Å². The van der Waals surface area contributed by atoms with Crippen LogP contribution in [0.3, 0.4) is 0 Å². The van der Waals surface area contributed by atoms with E-state index in [4.69, 9.17) is 27.9 Å². The van der Waals surface area contributed by atoms with Gasteiger partial charge < -0.3 is 14.5 Å². The monoisotopic (exact) mass is 436 g/mol. The van der Waals surface area contributed by atoms with Crippen LogP contribution in [0.5, 0.6) is 0 Å². The summed E-state index contributed by atoms with van der Waals surface area (Å²) in [6.07, 6.45) is 3.27. The van der Waals surface area contributed by atoms with Gasteiger partial charge in [0.25, 0.3) is 0 Å². The van der Waals surface area contributed by atoms with E-state index in [9.17, 15) is 9.59 Å². The third kappa shape index (κ3) is 7.86. The maximum atomic E-state index is 12.7. The van der Waals surface area contributed by atoms with Gasteiger partial charge >= 0.3 is 5.97 Å². The Morgan fingerprint density at radius 3 is 2.48 bits per heavy atom. The molecule has 8 heteroatoms. The summed E-state index contributed by atoms with van der Waals surface area (Å²) in [5.41, 5.74) is 0.830. The fourth-order valence-electron chi connectivity index (χ4n) is 3.16. The van der Waals surface area contributed by atoms with Gasteiger partial charge in [-0.15, -0.1) is 12.4 Å². The van der Waals surface area contributed by atoms with Gasteiger partial charge in [-0.3, -0.25) is 9.59 Å². The van der Waals surface area contributed by atoms with Gasteiger partial charge in [-0.1, -0.05) is 29.3 Å². The summed E-state index contributed by atoms with van der Waals surface area (Å²) in [6.45, 7) is 4.62. The summed E-state index contributed by atoms with van der Waals surface area (Å²) in [6, 6.07) is 5.25. The highest BCUT2D eigenvalue weighted by atomic mass is 35.5. The zero-order chi connectivity index (χ0) is 19.1. The molecule has 1 aliphatic rings. The Hall–Kier alpha value is -1.01. The van der Waals surface area contributed by atoms with E-state index < -0.39 is 0 Å². The standard InChI is InChI=1S/C19H26Cl2N2O3.ClH/c1-14(24)26-10-7-16(13-23-8-3-4-9-23)22(2)19(25)12-15-5-6-17(20)18(21)11-15;/h5-6,11,16H,3-4,7-10,12-13H2,1-2H3;1H/t16-;/m0./s1. The number of amides is 1. The molecule has 1 aliphatic heterocycles. The second kappa shape index (κ2) is 11.7. The summed E-state index contributed by atoms with van der Waals surface area (Å²) >= 11 is 12.0. The molecule has 0 unspecified atom stereocenters. The first-order valence-electron chi connectivity index (χ1n) is 8.92. The van der Waals surface area contributed by atoms with E-state index >= 15 is 0 Å². The first-order chi connectivity index (χ1) is 12.4. The van der Waals surface area contributed by atoms with Gasteiger partial charge in [0, 0.05) is 33.0 Å². The zero-order valence-electron chi connectivity index (χ0n) is 15.7. The van der Waals surface area contributed by atoms with E-state index in [-0.39, 0.29) is 36.7 Å². The molecule has 1 aromatic rings. The van der Waals surface area contributed by atoms with Crippen molar-refractivity contribution in [2.75, 3.05) is 33.3 Å². The molecule has 0 bridgehead atoms. The lowest BCUT2D eigenvalue weighted by Gasteiger charge is -2.31. The molecule has 27 heavy (non-hydrogen) atoms. The SMILES string of the molecule is CC(=O)OCC[C@@H](CN1CCCC1)N(C)C(=O)Cc1ccc(Cl)c(Cl)c1.Cl. The van der Waals surface area contributed by atoms with Crippen molar-refractivity contribution in [3.63, 3.8) is 0 Å². The molecule has 0 spiro atoms. The van der Waals surface area contributed by atoms with Crippen molar-refractivity contribution < 1.29 is 14.3 Å². The molecule has 1 amide bonds. The van der Waals surface area contributed by atoms with Crippen LogP contribution in [0.15, 0.2) is 18.2 Å². The lowest BCUT2D eigenvalue weighted by Crippen LogP contribution is -2.45. The summed E-state index contributed by atoms with van der Waals surface area (Å²) in [4.78, 5) is 27.9. The first-order valence-corrected chi connectivity index (χ1v) is 9.67. The van der Waals surface area contributed by atoms with Gasteiger partial charge in [0.15, 0.2) is 0 Å². The molecule has 0 saturated carbocycles. The van der Waals surface area contributed by atoms with Gasteiger partial charge in [-0.05, 0) is 43.6 Å². The maximum absolute atomic E-state index is 12.7. The van der Waals surface area contributed by atoms with Crippen LogP contribution in [0.2, 0.25) is 10.0 Å². The summed E-state index contributed by atoms with van der Waals surface area (Å²) < 4.78 is 5.09. The first kappa shape index (κ1) is 24.0. The fourth-order valence-corrected chi connectivity index (χ4v) is 3.48. The number of carbonyl (C=O) groups is 2. The number of esters is 1. The fraction of sp³-hybridized carbons (Fsp3) is 0.579. The minimum atomic E-state index is -0.297. The van der Waals surface area contributed by atoms with Crippen LogP contribution in [0.4, 0.5) is 0 Å². The van der Waals surface area contributed by atoms with Crippen molar-refractivity contribution in [1.29, 1.82) is 0 Å². The summed E-state index contributed by atoms with van der Waals surface area (Å²) in [7, 11) is 1.81. The van der Waals surface area contributed by atoms with Crippen LogP contribution in [0, 0.1) is 0 Å². The van der Waals surface area contributed by atoms with Gasteiger partial charge in [0.1, 0.15) is 0 Å². The van der Waals surface area contributed by atoms with Crippen molar-refractivity contribution in [3.05, 3.63) is 33.8 Å². The predicted octanol–water partition coefficient (Wildman–Crippen LogP) is 3.83. The highest BCUT2D eigenvalue weighted by Gasteiger charge is 2.24. The Labute approximate surface area is 177 Å². The number of hydrogen-bond donors (Lipinski definition) is 0. The van der Waals surface area contributed by atoms with E-state index in [0.717, 1.165) is 25.2 Å². The smallest absolute Gasteiger partial charge is 0.302 e. The Balaban J connectivity index is 0.00000364. The van der Waals surface area contributed by atoms with Crippen LogP contribution in [0.1, 0.15) is 31.7 Å². The second-order valence-electron chi connectivity index (χ2n) is 6.72. The Morgan fingerprint density at radius 1 is 1.22 bits per heavy atom. The Bertz CT molecular complexity index is 637. The Morgan fingerprint density at radius 2 is 1.89 bits per heavy atom. The molecule has 0 N–H and O–H groups in total. The molecular weight excluding hydrogens is 411 g/mol. The van der Waals surface area contributed by atoms with Crippen molar-refractivity contribution >= 4 is 47.5 Å². The maximum Gasteiger partial charge on any atom is 0.302 e. The van der Waals surface area contributed by atoms with E-state index in [1.165, 1.54) is 19.8 Å². The number of benzene rings is 1. The average molecular weight is 438 g/mol. The van der Waals surface area contributed by atoms with Gasteiger partial charge in [0.2, 0.25) is 5.91 Å². The Kier molecular flexibility index (Phi) is 10.5. The minimum Gasteiger partial charge on any atom is -0.466 e. The predicted molar refractivity (Wildman–Crippen MR) is 111 cm³/mol. The number of likely N-dealkylation sites (tertiary alicyclic amines) is 1. The van der Waals surface area contributed by atoms with E-state index in [2.05, 4.69) is 4.90 Å². The van der Waals surface area contributed by atoms with Crippen LogP contribution >= 0.6 is 35.6 Å². The second-order valence-corrected chi connectivity index (χ2v) is 7.53. The highest BCUT2D eigenvalue weighted by Crippen LogP contribution is 2.23. The largest absolute Gasteiger partial charge is 0.466 e. The van der Waals surface area contributed by atoms with Crippen molar-refractivity contribution in [1.82, 2.24) is 9.80 Å². The number of nitrogens with zero attached hydrogens (tertiary/aromatic N) is 2. The minimum absolute atomic E-state index is 0. The molecule has 2 rings (SSSR count). The molecule has 1 atom stereocenters. The van der Waals surface area contributed by atoms with Crippen LogP contribution in [-0.2, 0) is 20.7 Å². The number of hydrogen-bond acceptors (Lipinski definition) is 4.